The summed E-state index contributed by atoms with van der Waals surface area (Å²) in [7, 11) is 0. The van der Waals surface area contributed by atoms with Crippen LogP contribution in [0.3, 0.4) is 0 Å². The van der Waals surface area contributed by atoms with Gasteiger partial charge in [-0.3, -0.25) is 0 Å². The lowest BCUT2D eigenvalue weighted by Crippen LogP contribution is -1.88. The van der Waals surface area contributed by atoms with Crippen LogP contribution in [0.15, 0.2) is 30.7 Å². The second kappa shape index (κ2) is 6.44. The predicted octanol–water partition coefficient (Wildman–Crippen LogP) is 7.41. The molecule has 0 amide bonds. The largest absolute Gasteiger partial charge is 0.206 e. The maximum Gasteiger partial charge on any atom is 0.134 e. The van der Waals surface area contributed by atoms with Gasteiger partial charge in [-0.05, 0) is 62.5 Å². The fourth-order valence-electron chi connectivity index (χ4n) is 2.41. The fourth-order valence-corrected chi connectivity index (χ4v) is 6.35. The standard InChI is InChI=1S/C15H7Br2FN2S4/c1-5-2-10(23-14(5)16)11-7(18)3-6(12-13(11)20-24-19-12)9-4-8(21)15(17)22-9/h2-4,21H,1H3. The summed E-state index contributed by atoms with van der Waals surface area (Å²) in [5.41, 5.74) is 3.67. The highest BCUT2D eigenvalue weighted by Crippen LogP contribution is 2.44. The van der Waals surface area contributed by atoms with E-state index in [1.165, 1.54) is 22.7 Å². The number of fused-ring (bicyclic) bond motifs is 1. The molecule has 0 aliphatic rings. The van der Waals surface area contributed by atoms with Gasteiger partial charge in [-0.25, -0.2) is 4.39 Å². The third-order valence-corrected chi connectivity index (χ3v) is 8.89. The van der Waals surface area contributed by atoms with Gasteiger partial charge in [0.25, 0.3) is 0 Å². The van der Waals surface area contributed by atoms with Crippen LogP contribution in [0.2, 0.25) is 0 Å². The van der Waals surface area contributed by atoms with Crippen molar-refractivity contribution in [1.82, 2.24) is 8.75 Å². The maximum atomic E-state index is 15.0. The fraction of sp³-hybridized carbons (Fsp3) is 0.0667. The van der Waals surface area contributed by atoms with Gasteiger partial charge in [-0.1, -0.05) is 0 Å². The summed E-state index contributed by atoms with van der Waals surface area (Å²) in [6, 6.07) is 5.43. The summed E-state index contributed by atoms with van der Waals surface area (Å²) in [5.74, 6) is -0.288. The lowest BCUT2D eigenvalue weighted by molar-refractivity contribution is 0.633. The summed E-state index contributed by atoms with van der Waals surface area (Å²) >= 11 is 15.5. The van der Waals surface area contributed by atoms with E-state index in [0.29, 0.717) is 11.1 Å². The van der Waals surface area contributed by atoms with Crippen molar-refractivity contribution in [2.75, 3.05) is 0 Å². The number of thiophene rings is 2. The van der Waals surface area contributed by atoms with E-state index in [1.807, 2.05) is 19.1 Å². The van der Waals surface area contributed by atoms with E-state index < -0.39 is 0 Å². The zero-order valence-corrected chi connectivity index (χ0v) is 18.4. The molecule has 0 fully saturated rings. The minimum Gasteiger partial charge on any atom is -0.206 e. The Labute approximate surface area is 171 Å². The van der Waals surface area contributed by atoms with Crippen molar-refractivity contribution in [1.29, 1.82) is 0 Å². The Bertz CT molecular complexity index is 1040. The molecule has 0 aliphatic heterocycles. The highest BCUT2D eigenvalue weighted by atomic mass is 79.9. The van der Waals surface area contributed by atoms with Crippen LogP contribution in [0.1, 0.15) is 5.56 Å². The first-order valence-electron chi connectivity index (χ1n) is 6.65. The van der Waals surface area contributed by atoms with Crippen LogP contribution in [0, 0.1) is 12.7 Å². The molecule has 1 aromatic carbocycles. The van der Waals surface area contributed by atoms with Crippen LogP contribution < -0.4 is 0 Å². The molecule has 3 aromatic heterocycles. The molecule has 0 aliphatic carbocycles. The molecule has 0 bridgehead atoms. The molecular weight excluding hydrogens is 515 g/mol. The van der Waals surface area contributed by atoms with Gasteiger partial charge in [0.1, 0.15) is 16.9 Å². The average molecular weight is 522 g/mol. The number of thiol groups is 1. The molecule has 0 N–H and O–H groups in total. The summed E-state index contributed by atoms with van der Waals surface area (Å²) < 4.78 is 25.7. The van der Waals surface area contributed by atoms with Gasteiger partial charge < -0.3 is 0 Å². The van der Waals surface area contributed by atoms with Crippen molar-refractivity contribution in [3.8, 4) is 20.9 Å². The monoisotopic (exact) mass is 520 g/mol. The number of rotatable bonds is 2. The Morgan fingerprint density at radius 2 is 1.71 bits per heavy atom. The first-order chi connectivity index (χ1) is 11.5. The van der Waals surface area contributed by atoms with Gasteiger partial charge >= 0.3 is 0 Å². The molecular formula is C15H7Br2FN2S4. The van der Waals surface area contributed by atoms with Crippen molar-refractivity contribution < 1.29 is 4.39 Å². The van der Waals surface area contributed by atoms with E-state index in [0.717, 1.165) is 50.6 Å². The smallest absolute Gasteiger partial charge is 0.134 e. The van der Waals surface area contributed by atoms with Gasteiger partial charge in [0.2, 0.25) is 0 Å². The molecule has 24 heavy (non-hydrogen) atoms. The molecule has 0 atom stereocenters. The second-order valence-corrected chi connectivity index (χ2v) is 10.8. The van der Waals surface area contributed by atoms with E-state index in [-0.39, 0.29) is 5.82 Å². The summed E-state index contributed by atoms with van der Waals surface area (Å²) in [6.07, 6.45) is 0. The van der Waals surface area contributed by atoms with Gasteiger partial charge in [-0.15, -0.1) is 35.3 Å². The van der Waals surface area contributed by atoms with Crippen LogP contribution in [0.5, 0.6) is 0 Å². The molecule has 4 rings (SSSR count). The number of nitrogens with zero attached hydrogens (tertiary/aromatic N) is 2. The molecule has 3 heterocycles. The summed E-state index contributed by atoms with van der Waals surface area (Å²) in [4.78, 5) is 2.59. The SMILES string of the molecule is Cc1cc(-c2c(F)cc(-c3cc(S)c(Br)s3)c3nsnc23)sc1Br. The van der Waals surface area contributed by atoms with E-state index >= 15 is 0 Å². The third-order valence-electron chi connectivity index (χ3n) is 3.53. The van der Waals surface area contributed by atoms with Crippen molar-refractivity contribution in [3.63, 3.8) is 0 Å². The summed E-state index contributed by atoms with van der Waals surface area (Å²) in [5, 5.41) is 0. The van der Waals surface area contributed by atoms with Gasteiger partial charge in [-0.2, -0.15) is 8.75 Å². The zero-order chi connectivity index (χ0) is 17.0. The van der Waals surface area contributed by atoms with Crippen LogP contribution >= 0.6 is 78.9 Å². The Balaban J connectivity index is 2.00. The van der Waals surface area contributed by atoms with E-state index in [4.69, 9.17) is 0 Å². The van der Waals surface area contributed by atoms with Gasteiger partial charge in [0.05, 0.1) is 24.9 Å². The quantitative estimate of drug-likeness (QED) is 0.278. The van der Waals surface area contributed by atoms with Crippen LogP contribution in [0.25, 0.3) is 31.9 Å². The molecule has 2 nitrogen and oxygen atoms in total. The third kappa shape index (κ3) is 2.79. The first-order valence-corrected chi connectivity index (χ1v) is 11.0. The zero-order valence-electron chi connectivity index (χ0n) is 11.9. The Morgan fingerprint density at radius 1 is 1.00 bits per heavy atom. The molecule has 0 spiro atoms. The highest BCUT2D eigenvalue weighted by Gasteiger charge is 2.21. The van der Waals surface area contributed by atoms with Gasteiger partial charge in [0.15, 0.2) is 0 Å². The number of aryl methyl sites for hydroxylation is 1. The highest BCUT2D eigenvalue weighted by molar-refractivity contribution is 9.11. The van der Waals surface area contributed by atoms with E-state index in [2.05, 4.69) is 53.2 Å². The van der Waals surface area contributed by atoms with E-state index in [1.54, 1.807) is 6.07 Å². The lowest BCUT2D eigenvalue weighted by Gasteiger charge is -2.05. The molecule has 122 valence electrons. The molecule has 0 saturated carbocycles. The van der Waals surface area contributed by atoms with Crippen LogP contribution in [-0.2, 0) is 0 Å². The molecule has 4 aromatic rings. The van der Waals surface area contributed by atoms with Crippen molar-refractivity contribution in [2.24, 2.45) is 0 Å². The van der Waals surface area contributed by atoms with Crippen LogP contribution in [0.4, 0.5) is 4.39 Å². The van der Waals surface area contributed by atoms with E-state index in [9.17, 15) is 4.39 Å². The number of halogens is 3. The average Bonchev–Trinajstić information content (AvgIpc) is 3.20. The first kappa shape index (κ1) is 17.1. The van der Waals surface area contributed by atoms with Crippen LogP contribution in [-0.4, -0.2) is 8.75 Å². The van der Waals surface area contributed by atoms with Crippen molar-refractivity contribution in [2.45, 2.75) is 11.8 Å². The minimum atomic E-state index is -0.288. The molecule has 0 saturated heterocycles. The Kier molecular flexibility index (Phi) is 4.59. The molecule has 9 heteroatoms. The molecule has 0 unspecified atom stereocenters. The minimum absolute atomic E-state index is 0.288. The topological polar surface area (TPSA) is 25.8 Å². The Hall–Kier alpha value is -0.320. The number of hydrogen-bond acceptors (Lipinski definition) is 6. The Morgan fingerprint density at radius 3 is 2.33 bits per heavy atom. The summed E-state index contributed by atoms with van der Waals surface area (Å²) in [6.45, 7) is 1.99. The number of benzene rings is 1. The van der Waals surface area contributed by atoms with Crippen molar-refractivity contribution in [3.05, 3.63) is 37.2 Å². The molecule has 0 radical (unpaired) electrons. The number of hydrogen-bond donors (Lipinski definition) is 1. The normalized spacial score (nSPS) is 11.5. The van der Waals surface area contributed by atoms with Gasteiger partial charge in [0, 0.05) is 20.2 Å². The predicted molar refractivity (Wildman–Crippen MR) is 111 cm³/mol. The van der Waals surface area contributed by atoms with Crippen molar-refractivity contribution >= 4 is 89.9 Å². The number of aromatic nitrogens is 2. The lowest BCUT2D eigenvalue weighted by atomic mass is 10.0. The second-order valence-electron chi connectivity index (χ2n) is 5.08. The maximum absolute atomic E-state index is 15.0.